The van der Waals surface area contributed by atoms with Gasteiger partial charge in [0.25, 0.3) is 0 Å². The van der Waals surface area contributed by atoms with Gasteiger partial charge in [0, 0.05) is 54.8 Å². The average Bonchev–Trinajstić information content (AvgIpc) is 3.05. The Labute approximate surface area is 284 Å². The molecule has 0 saturated carbocycles. The van der Waals surface area contributed by atoms with Crippen LogP contribution in [0.2, 0.25) is 5.02 Å². The van der Waals surface area contributed by atoms with Gasteiger partial charge in [0.15, 0.2) is 0 Å². The van der Waals surface area contributed by atoms with Crippen molar-refractivity contribution in [2.75, 3.05) is 25.6 Å². The Kier molecular flexibility index (Phi) is 15.8. The lowest BCUT2D eigenvalue weighted by Gasteiger charge is -2.18. The molecular weight excluding hydrogens is 643 g/mol. The van der Waals surface area contributed by atoms with Crippen LogP contribution in [-0.2, 0) is 22.7 Å². The Morgan fingerprint density at radius 2 is 1.13 bits per heavy atom. The first-order chi connectivity index (χ1) is 22.1. The number of phenolic OH excluding ortho intramolecular Hbond substituents is 2. The number of benzene rings is 4. The first-order valence-corrected chi connectivity index (χ1v) is 17.2. The van der Waals surface area contributed by atoms with Crippen molar-refractivity contribution in [3.8, 4) is 11.5 Å². The third kappa shape index (κ3) is 13.8. The fraction of sp³-hybridized carbons (Fsp3) is 0.278. The zero-order valence-corrected chi connectivity index (χ0v) is 28.5. The van der Waals surface area contributed by atoms with E-state index in [2.05, 4.69) is 0 Å². The van der Waals surface area contributed by atoms with E-state index in [1.165, 1.54) is 12.1 Å². The molecule has 46 heavy (non-hydrogen) atoms. The zero-order valence-electron chi connectivity index (χ0n) is 26.1. The second-order valence-electron chi connectivity index (χ2n) is 10.6. The minimum atomic E-state index is -0.269. The molecular formula is C36H40ClFN2O4S2. The second kappa shape index (κ2) is 19.8. The van der Waals surface area contributed by atoms with Crippen LogP contribution in [0.15, 0.2) is 107 Å². The smallest absolute Gasteiger partial charge is 0.222 e. The van der Waals surface area contributed by atoms with E-state index in [0.717, 1.165) is 45.3 Å². The number of thioether (sulfide) groups is 2. The van der Waals surface area contributed by atoms with E-state index in [1.54, 1.807) is 83.8 Å². The largest absolute Gasteiger partial charge is 0.508 e. The topological polar surface area (TPSA) is 81.1 Å². The molecule has 2 amide bonds. The van der Waals surface area contributed by atoms with E-state index in [9.17, 15) is 24.2 Å². The monoisotopic (exact) mass is 682 g/mol. The van der Waals surface area contributed by atoms with Crippen molar-refractivity contribution >= 4 is 46.9 Å². The number of nitrogens with zero attached hydrogens (tertiary/aromatic N) is 2. The van der Waals surface area contributed by atoms with Crippen LogP contribution in [0.5, 0.6) is 11.5 Å². The molecule has 4 aromatic carbocycles. The first kappa shape index (κ1) is 36.8. The van der Waals surface area contributed by atoms with Crippen LogP contribution in [0, 0.1) is 5.82 Å². The lowest BCUT2D eigenvalue weighted by Crippen LogP contribution is -2.26. The van der Waals surface area contributed by atoms with Gasteiger partial charge in [-0.2, -0.15) is 0 Å². The highest BCUT2D eigenvalue weighted by Crippen LogP contribution is 2.23. The summed E-state index contributed by atoms with van der Waals surface area (Å²) in [6.45, 7) is 1.02. The van der Waals surface area contributed by atoms with Crippen LogP contribution in [0.3, 0.4) is 0 Å². The number of aromatic hydroxyl groups is 2. The highest BCUT2D eigenvalue weighted by Gasteiger charge is 2.11. The molecule has 244 valence electrons. The SMILES string of the molecule is CN(Cc1ccc(F)cc1)C(=O)CCCSc1ccc(O)cc1.CN(Cc1ccccc1Cl)C(=O)CCCSc1ccc(O)cc1. The number of carbonyl (C=O) groups excluding carboxylic acids is 2. The summed E-state index contributed by atoms with van der Waals surface area (Å²) in [6.07, 6.45) is 2.62. The molecule has 0 heterocycles. The maximum atomic E-state index is 12.9. The minimum Gasteiger partial charge on any atom is -0.508 e. The summed E-state index contributed by atoms with van der Waals surface area (Å²) in [7, 11) is 3.57. The van der Waals surface area contributed by atoms with E-state index in [1.807, 2.05) is 48.5 Å². The summed E-state index contributed by atoms with van der Waals surface area (Å²) >= 11 is 9.47. The van der Waals surface area contributed by atoms with Crippen molar-refractivity contribution in [1.29, 1.82) is 0 Å². The molecule has 4 rings (SSSR count). The third-order valence-corrected chi connectivity index (χ3v) is 9.40. The van der Waals surface area contributed by atoms with E-state index in [4.69, 9.17) is 11.6 Å². The van der Waals surface area contributed by atoms with Crippen molar-refractivity contribution in [2.24, 2.45) is 0 Å². The number of amides is 2. The van der Waals surface area contributed by atoms with Crippen molar-refractivity contribution in [3.63, 3.8) is 0 Å². The molecule has 0 aliphatic carbocycles. The molecule has 0 bridgehead atoms. The fourth-order valence-corrected chi connectivity index (χ4v) is 6.12. The first-order valence-electron chi connectivity index (χ1n) is 14.9. The van der Waals surface area contributed by atoms with Gasteiger partial charge in [0.05, 0.1) is 0 Å². The van der Waals surface area contributed by atoms with Gasteiger partial charge in [-0.3, -0.25) is 9.59 Å². The maximum Gasteiger partial charge on any atom is 0.222 e. The Morgan fingerprint density at radius 1 is 0.674 bits per heavy atom. The summed E-state index contributed by atoms with van der Waals surface area (Å²) < 4.78 is 12.9. The van der Waals surface area contributed by atoms with Gasteiger partial charge < -0.3 is 20.0 Å². The molecule has 0 unspecified atom stereocenters. The van der Waals surface area contributed by atoms with Crippen LogP contribution in [0.4, 0.5) is 4.39 Å². The summed E-state index contributed by atoms with van der Waals surface area (Å²) in [6, 6.07) is 27.9. The van der Waals surface area contributed by atoms with Crippen LogP contribution < -0.4 is 0 Å². The Balaban J connectivity index is 0.000000250. The number of carbonyl (C=O) groups is 2. The van der Waals surface area contributed by atoms with Crippen molar-refractivity contribution in [3.05, 3.63) is 119 Å². The van der Waals surface area contributed by atoms with Crippen molar-refractivity contribution < 1.29 is 24.2 Å². The van der Waals surface area contributed by atoms with Gasteiger partial charge >= 0.3 is 0 Å². The van der Waals surface area contributed by atoms with Gasteiger partial charge in [0.2, 0.25) is 11.8 Å². The van der Waals surface area contributed by atoms with Gasteiger partial charge in [-0.25, -0.2) is 4.39 Å². The number of halogens is 2. The summed E-state index contributed by atoms with van der Waals surface area (Å²) in [5.41, 5.74) is 1.88. The van der Waals surface area contributed by atoms with E-state index < -0.39 is 0 Å². The molecule has 0 radical (unpaired) electrons. The van der Waals surface area contributed by atoms with E-state index >= 15 is 0 Å². The highest BCUT2D eigenvalue weighted by molar-refractivity contribution is 7.99. The molecule has 10 heteroatoms. The molecule has 0 aromatic heterocycles. The summed E-state index contributed by atoms with van der Waals surface area (Å²) in [5, 5.41) is 19.1. The molecule has 0 aliphatic heterocycles. The standard InChI is InChI=1S/C18H20ClNO2S.C18H20FNO2S/c1-20(13-14-5-2-3-6-17(14)19)18(22)7-4-12-23-16-10-8-15(21)9-11-16;1-20(13-14-4-6-15(19)7-5-14)18(22)3-2-12-23-17-10-8-16(21)9-11-17/h2-3,5-6,8-11,21H,4,7,12-13H2,1H3;4-11,21H,2-3,12-13H2,1H3. The number of hydrogen-bond donors (Lipinski definition) is 2. The fourth-order valence-electron chi connectivity index (χ4n) is 4.22. The van der Waals surface area contributed by atoms with E-state index in [0.29, 0.717) is 31.0 Å². The van der Waals surface area contributed by atoms with Gasteiger partial charge in [-0.15, -0.1) is 23.5 Å². The summed E-state index contributed by atoms with van der Waals surface area (Å²) in [5.74, 6) is 2.18. The minimum absolute atomic E-state index is 0.0839. The molecule has 0 aliphatic rings. The molecule has 2 N–H and O–H groups in total. The van der Waals surface area contributed by atoms with Crippen LogP contribution >= 0.6 is 35.1 Å². The zero-order chi connectivity index (χ0) is 33.3. The Bertz CT molecular complexity index is 1510. The third-order valence-electron chi connectivity index (χ3n) is 6.83. The van der Waals surface area contributed by atoms with Gasteiger partial charge in [0.1, 0.15) is 17.3 Å². The van der Waals surface area contributed by atoms with Gasteiger partial charge in [-0.05, 0) is 102 Å². The van der Waals surface area contributed by atoms with Crippen LogP contribution in [0.1, 0.15) is 36.8 Å². The Morgan fingerprint density at radius 3 is 1.61 bits per heavy atom. The molecule has 0 atom stereocenters. The predicted octanol–water partition coefficient (Wildman–Crippen LogP) is 8.64. The quantitative estimate of drug-likeness (QED) is 0.102. The van der Waals surface area contributed by atoms with Crippen LogP contribution in [-0.4, -0.2) is 57.4 Å². The summed E-state index contributed by atoms with van der Waals surface area (Å²) in [4.78, 5) is 29.8. The molecule has 0 saturated heterocycles. The molecule has 4 aromatic rings. The molecule has 6 nitrogen and oxygen atoms in total. The maximum absolute atomic E-state index is 12.9. The Hall–Kier alpha value is -3.66. The predicted molar refractivity (Wildman–Crippen MR) is 187 cm³/mol. The average molecular weight is 683 g/mol. The van der Waals surface area contributed by atoms with Crippen molar-refractivity contribution in [1.82, 2.24) is 9.80 Å². The van der Waals surface area contributed by atoms with Crippen molar-refractivity contribution in [2.45, 2.75) is 48.6 Å². The number of rotatable bonds is 14. The number of phenols is 2. The second-order valence-corrected chi connectivity index (χ2v) is 13.4. The van der Waals surface area contributed by atoms with E-state index in [-0.39, 0.29) is 29.1 Å². The highest BCUT2D eigenvalue weighted by atomic mass is 35.5. The molecule has 0 spiro atoms. The normalized spacial score (nSPS) is 10.5. The lowest BCUT2D eigenvalue weighted by atomic mass is 10.2. The molecule has 0 fully saturated rings. The van der Waals surface area contributed by atoms with Gasteiger partial charge in [-0.1, -0.05) is 41.9 Å². The lowest BCUT2D eigenvalue weighted by molar-refractivity contribution is -0.131. The van der Waals surface area contributed by atoms with Crippen LogP contribution in [0.25, 0.3) is 0 Å². The number of hydrogen-bond acceptors (Lipinski definition) is 6.